The van der Waals surface area contributed by atoms with Crippen molar-refractivity contribution in [1.29, 1.82) is 5.26 Å². The quantitative estimate of drug-likeness (QED) is 0.347. The normalized spacial score (nSPS) is 10.7. The first kappa shape index (κ1) is 18.9. The van der Waals surface area contributed by atoms with Gasteiger partial charge in [0.25, 0.3) is 5.91 Å². The maximum Gasteiger partial charge on any atom is 0.256 e. The van der Waals surface area contributed by atoms with Crippen molar-refractivity contribution < 1.29 is 9.59 Å². The summed E-state index contributed by atoms with van der Waals surface area (Å²) in [5.41, 5.74) is 2.56. The van der Waals surface area contributed by atoms with Crippen LogP contribution in [0.1, 0.15) is 34.8 Å². The van der Waals surface area contributed by atoms with Crippen molar-refractivity contribution in [3.8, 4) is 6.07 Å². The van der Waals surface area contributed by atoms with E-state index in [9.17, 15) is 9.59 Å². The molecule has 5 heteroatoms. The van der Waals surface area contributed by atoms with E-state index in [0.717, 1.165) is 12.0 Å². The topological polar surface area (TPSA) is 82.0 Å². The van der Waals surface area contributed by atoms with E-state index in [1.165, 1.54) is 6.20 Å². The summed E-state index contributed by atoms with van der Waals surface area (Å²) in [5, 5.41) is 14.6. The molecule has 0 aliphatic heterocycles. The fraction of sp³-hybridized carbons (Fsp3) is 0.190. The van der Waals surface area contributed by atoms with E-state index in [-0.39, 0.29) is 11.4 Å². The van der Waals surface area contributed by atoms with Crippen molar-refractivity contribution in [2.75, 3.05) is 11.9 Å². The van der Waals surface area contributed by atoms with Crippen LogP contribution in [-0.2, 0) is 4.79 Å². The minimum Gasteiger partial charge on any atom is -0.361 e. The van der Waals surface area contributed by atoms with E-state index >= 15 is 0 Å². The first-order valence-electron chi connectivity index (χ1n) is 8.42. The zero-order valence-corrected chi connectivity index (χ0v) is 14.9. The van der Waals surface area contributed by atoms with Gasteiger partial charge in [0.05, 0.1) is 11.6 Å². The number of benzene rings is 2. The molecule has 0 aliphatic rings. The minimum absolute atomic E-state index is 0.0390. The number of aryl methyl sites for hydroxylation is 1. The number of nitriles is 1. The summed E-state index contributed by atoms with van der Waals surface area (Å²) >= 11 is 0. The number of hydrogen-bond donors (Lipinski definition) is 2. The maximum absolute atomic E-state index is 12.9. The van der Waals surface area contributed by atoms with Crippen molar-refractivity contribution in [2.45, 2.75) is 20.3 Å². The molecule has 0 radical (unpaired) electrons. The molecule has 0 saturated heterocycles. The van der Waals surface area contributed by atoms with Crippen molar-refractivity contribution in [1.82, 2.24) is 5.32 Å². The number of nitrogens with zero attached hydrogens (tertiary/aromatic N) is 1. The van der Waals surface area contributed by atoms with Gasteiger partial charge in [0, 0.05) is 24.0 Å². The highest BCUT2D eigenvalue weighted by Crippen LogP contribution is 2.15. The van der Waals surface area contributed by atoms with Crippen molar-refractivity contribution >= 4 is 17.4 Å². The summed E-state index contributed by atoms with van der Waals surface area (Å²) in [6.45, 7) is 4.28. The van der Waals surface area contributed by atoms with E-state index in [0.29, 0.717) is 23.4 Å². The fourth-order valence-corrected chi connectivity index (χ4v) is 2.34. The number of anilines is 1. The van der Waals surface area contributed by atoms with Crippen LogP contribution in [0.25, 0.3) is 0 Å². The molecule has 0 aliphatic carbocycles. The molecule has 0 spiro atoms. The predicted molar refractivity (Wildman–Crippen MR) is 102 cm³/mol. The van der Waals surface area contributed by atoms with Gasteiger partial charge in [0.15, 0.2) is 5.78 Å². The molecule has 0 bridgehead atoms. The summed E-state index contributed by atoms with van der Waals surface area (Å²) in [4.78, 5) is 25.3. The maximum atomic E-state index is 12.9. The van der Waals surface area contributed by atoms with Gasteiger partial charge in [-0.2, -0.15) is 5.26 Å². The summed E-state index contributed by atoms with van der Waals surface area (Å²) < 4.78 is 0. The van der Waals surface area contributed by atoms with E-state index in [4.69, 9.17) is 5.26 Å². The predicted octanol–water partition coefficient (Wildman–Crippen LogP) is 3.57. The Kier molecular flexibility index (Phi) is 6.69. The van der Waals surface area contributed by atoms with Gasteiger partial charge in [0.2, 0.25) is 0 Å². The van der Waals surface area contributed by atoms with E-state index in [1.54, 1.807) is 36.4 Å². The lowest BCUT2D eigenvalue weighted by Crippen LogP contribution is -2.30. The van der Waals surface area contributed by atoms with Crippen LogP contribution < -0.4 is 10.6 Å². The highest BCUT2D eigenvalue weighted by molar-refractivity contribution is 6.26. The Morgan fingerprint density at radius 3 is 2.42 bits per heavy atom. The van der Waals surface area contributed by atoms with E-state index in [1.807, 2.05) is 32.0 Å². The molecule has 132 valence electrons. The van der Waals surface area contributed by atoms with E-state index < -0.39 is 5.91 Å². The highest BCUT2D eigenvalue weighted by atomic mass is 16.2. The van der Waals surface area contributed by atoms with Crippen LogP contribution in [0, 0.1) is 18.3 Å². The molecule has 26 heavy (non-hydrogen) atoms. The van der Waals surface area contributed by atoms with Crippen molar-refractivity contribution in [2.24, 2.45) is 0 Å². The van der Waals surface area contributed by atoms with Crippen LogP contribution in [0.5, 0.6) is 0 Å². The molecule has 0 aromatic heterocycles. The second kappa shape index (κ2) is 9.19. The summed E-state index contributed by atoms with van der Waals surface area (Å²) in [6, 6.07) is 16.0. The molecule has 2 N–H and O–H groups in total. The summed E-state index contributed by atoms with van der Waals surface area (Å²) in [6.07, 6.45) is 2.20. The van der Waals surface area contributed by atoms with E-state index in [2.05, 4.69) is 10.6 Å². The number of nitrogens with one attached hydrogen (secondary N) is 2. The zero-order valence-electron chi connectivity index (χ0n) is 14.9. The van der Waals surface area contributed by atoms with Crippen molar-refractivity contribution in [3.05, 3.63) is 77.0 Å². The van der Waals surface area contributed by atoms with Crippen LogP contribution in [0.4, 0.5) is 5.69 Å². The number of ketones is 1. The van der Waals surface area contributed by atoms with Crippen LogP contribution >= 0.6 is 0 Å². The lowest BCUT2D eigenvalue weighted by molar-refractivity contribution is -0.117. The highest BCUT2D eigenvalue weighted by Gasteiger charge is 2.20. The summed E-state index contributed by atoms with van der Waals surface area (Å²) in [5.74, 6) is -0.751. The molecule has 0 atom stereocenters. The average molecular weight is 347 g/mol. The molecule has 2 rings (SSSR count). The Bertz CT molecular complexity index is 862. The number of carbonyl (C=O) groups is 2. The second-order valence-electron chi connectivity index (χ2n) is 5.79. The van der Waals surface area contributed by atoms with Crippen LogP contribution in [0.3, 0.4) is 0 Å². The molecule has 0 fully saturated rings. The Hall–Kier alpha value is -3.39. The lowest BCUT2D eigenvalue weighted by atomic mass is 9.99. The van der Waals surface area contributed by atoms with Crippen molar-refractivity contribution in [3.63, 3.8) is 0 Å². The number of amides is 1. The van der Waals surface area contributed by atoms with Gasteiger partial charge in [-0.3, -0.25) is 9.59 Å². The Morgan fingerprint density at radius 2 is 1.81 bits per heavy atom. The Morgan fingerprint density at radius 1 is 1.12 bits per heavy atom. The molecule has 5 nitrogen and oxygen atoms in total. The van der Waals surface area contributed by atoms with Gasteiger partial charge in [-0.25, -0.2) is 0 Å². The van der Waals surface area contributed by atoms with Gasteiger partial charge >= 0.3 is 0 Å². The molecule has 2 aromatic carbocycles. The standard InChI is InChI=1S/C21H21N3O2/c1-3-12-23-21(26)19(20(25)18-7-5-4-6-15(18)2)14-24-17-10-8-16(13-22)9-11-17/h4-11,14,24H,3,12H2,1-2H3,(H,23,26). The first-order chi connectivity index (χ1) is 12.6. The smallest absolute Gasteiger partial charge is 0.256 e. The molecule has 1 amide bonds. The number of rotatable bonds is 7. The molecular weight excluding hydrogens is 326 g/mol. The van der Waals surface area contributed by atoms with Gasteiger partial charge in [-0.1, -0.05) is 31.2 Å². The van der Waals surface area contributed by atoms with Crippen LogP contribution in [-0.4, -0.2) is 18.2 Å². The number of carbonyl (C=O) groups excluding carboxylic acids is 2. The lowest BCUT2D eigenvalue weighted by Gasteiger charge is -2.10. The SMILES string of the molecule is CCCNC(=O)C(=CNc1ccc(C#N)cc1)C(=O)c1ccccc1C. The van der Waals surface area contributed by atoms with Gasteiger partial charge in [-0.05, 0) is 43.2 Å². The fourth-order valence-electron chi connectivity index (χ4n) is 2.34. The van der Waals surface area contributed by atoms with Crippen LogP contribution in [0.2, 0.25) is 0 Å². The Balaban J connectivity index is 2.30. The molecular formula is C21H21N3O2. The molecule has 0 saturated carbocycles. The van der Waals surface area contributed by atoms with Crippen LogP contribution in [0.15, 0.2) is 60.3 Å². The second-order valence-corrected chi connectivity index (χ2v) is 5.79. The van der Waals surface area contributed by atoms with Gasteiger partial charge in [-0.15, -0.1) is 0 Å². The number of hydrogen-bond acceptors (Lipinski definition) is 4. The third-order valence-electron chi connectivity index (χ3n) is 3.81. The van der Waals surface area contributed by atoms with Gasteiger partial charge < -0.3 is 10.6 Å². The zero-order chi connectivity index (χ0) is 18.9. The monoisotopic (exact) mass is 347 g/mol. The van der Waals surface area contributed by atoms with Gasteiger partial charge in [0.1, 0.15) is 5.57 Å². The number of Topliss-reactive ketones (excluding diaryl/α,β-unsaturated/α-hetero) is 1. The summed E-state index contributed by atoms with van der Waals surface area (Å²) in [7, 11) is 0. The first-order valence-corrected chi connectivity index (χ1v) is 8.42. The molecule has 2 aromatic rings. The minimum atomic E-state index is -0.416. The third kappa shape index (κ3) is 4.81. The molecule has 0 unspecified atom stereocenters. The third-order valence-corrected chi connectivity index (χ3v) is 3.81. The average Bonchev–Trinajstić information content (AvgIpc) is 2.67. The largest absolute Gasteiger partial charge is 0.361 e. The molecule has 0 heterocycles. The Labute approximate surface area is 153 Å².